The van der Waals surface area contributed by atoms with Crippen LogP contribution in [0.5, 0.6) is 0 Å². The molecule has 3 aliphatic rings. The van der Waals surface area contributed by atoms with E-state index in [0.717, 1.165) is 19.4 Å². The van der Waals surface area contributed by atoms with Gasteiger partial charge < -0.3 is 15.1 Å². The summed E-state index contributed by atoms with van der Waals surface area (Å²) >= 11 is 12.3. The van der Waals surface area contributed by atoms with E-state index in [1.165, 1.54) is 6.42 Å². The van der Waals surface area contributed by atoms with Crippen molar-refractivity contribution in [3.63, 3.8) is 0 Å². The Morgan fingerprint density at radius 3 is 2.65 bits per heavy atom. The number of anilines is 1. The van der Waals surface area contributed by atoms with Gasteiger partial charge in [0.25, 0.3) is 0 Å². The summed E-state index contributed by atoms with van der Waals surface area (Å²) in [7, 11) is 0. The zero-order chi connectivity index (χ0) is 17.6. The lowest BCUT2D eigenvalue weighted by Crippen LogP contribution is -2.44. The lowest BCUT2D eigenvalue weighted by Gasteiger charge is -2.26. The molecule has 3 fully saturated rings. The maximum absolute atomic E-state index is 13.0. The van der Waals surface area contributed by atoms with Crippen LogP contribution in [-0.2, 0) is 9.59 Å². The topological polar surface area (TPSA) is 52.7 Å². The molecule has 1 aromatic carbocycles. The molecule has 0 spiro atoms. The number of likely N-dealkylation sites (tertiary alicyclic amines) is 1. The number of carbonyl (C=O) groups excluding carboxylic acids is 2. The number of amides is 2. The second kappa shape index (κ2) is 7.93. The molecule has 2 bridgehead atoms. The average Bonchev–Trinajstić information content (AvgIpc) is 3.11. The first kappa shape index (κ1) is 19.7. The largest absolute Gasteiger partial charge is 0.340 e. The first-order valence-electron chi connectivity index (χ1n) is 8.84. The summed E-state index contributed by atoms with van der Waals surface area (Å²) in [6.07, 6.45) is 3.79. The zero-order valence-electron chi connectivity index (χ0n) is 14.3. The Kier molecular flexibility index (Phi) is 6.02. The van der Waals surface area contributed by atoms with Crippen LogP contribution in [0.15, 0.2) is 18.2 Å². The first-order chi connectivity index (χ1) is 12.0. The van der Waals surface area contributed by atoms with Gasteiger partial charge in [0.05, 0.1) is 10.7 Å². The van der Waals surface area contributed by atoms with Gasteiger partial charge in [-0.1, -0.05) is 23.2 Å². The molecule has 3 aliphatic heterocycles. The summed E-state index contributed by atoms with van der Waals surface area (Å²) in [6, 6.07) is 5.94. The lowest BCUT2D eigenvalue weighted by atomic mass is 10.0. The van der Waals surface area contributed by atoms with Gasteiger partial charge >= 0.3 is 0 Å². The van der Waals surface area contributed by atoms with Crippen LogP contribution in [0.25, 0.3) is 0 Å². The van der Waals surface area contributed by atoms with Crippen molar-refractivity contribution in [1.29, 1.82) is 0 Å². The Labute approximate surface area is 169 Å². The maximum atomic E-state index is 13.0. The Hall–Kier alpha value is -1.01. The quantitative estimate of drug-likeness (QED) is 0.751. The molecule has 0 radical (unpaired) electrons. The molecule has 5 nitrogen and oxygen atoms in total. The molecule has 0 saturated carbocycles. The van der Waals surface area contributed by atoms with Gasteiger partial charge in [-0.2, -0.15) is 0 Å². The first-order valence-corrected chi connectivity index (χ1v) is 9.60. The molecule has 3 unspecified atom stereocenters. The Bertz CT molecular complexity index is 715. The number of rotatable bonds is 2. The van der Waals surface area contributed by atoms with Crippen molar-refractivity contribution in [3.8, 4) is 0 Å². The van der Waals surface area contributed by atoms with Crippen LogP contribution in [0, 0.1) is 5.92 Å². The molecule has 3 atom stereocenters. The van der Waals surface area contributed by atoms with Gasteiger partial charge in [-0.25, -0.2) is 0 Å². The summed E-state index contributed by atoms with van der Waals surface area (Å²) in [5.74, 6) is -0.816. The molecular weight excluding hydrogens is 397 g/mol. The van der Waals surface area contributed by atoms with Crippen LogP contribution in [-0.4, -0.2) is 48.4 Å². The number of halogens is 3. The van der Waals surface area contributed by atoms with Crippen molar-refractivity contribution in [1.82, 2.24) is 10.2 Å². The van der Waals surface area contributed by atoms with Crippen LogP contribution in [0.3, 0.4) is 0 Å². The van der Waals surface area contributed by atoms with Crippen molar-refractivity contribution in [2.24, 2.45) is 5.92 Å². The average molecular weight is 419 g/mol. The van der Waals surface area contributed by atoms with Gasteiger partial charge in [0.2, 0.25) is 11.8 Å². The highest BCUT2D eigenvalue weighted by atomic mass is 35.5. The van der Waals surface area contributed by atoms with E-state index < -0.39 is 5.92 Å². The minimum Gasteiger partial charge on any atom is -0.340 e. The summed E-state index contributed by atoms with van der Waals surface area (Å²) < 4.78 is 0. The van der Waals surface area contributed by atoms with Crippen LogP contribution in [0.4, 0.5) is 5.69 Å². The summed E-state index contributed by atoms with van der Waals surface area (Å²) in [6.45, 7) is 1.93. The van der Waals surface area contributed by atoms with Crippen molar-refractivity contribution < 1.29 is 9.59 Å². The van der Waals surface area contributed by atoms with E-state index in [0.29, 0.717) is 47.3 Å². The predicted octanol–water partition coefficient (Wildman–Crippen LogP) is 3.12. The smallest absolute Gasteiger partial charge is 0.239 e. The van der Waals surface area contributed by atoms with Crippen LogP contribution in [0.1, 0.15) is 25.7 Å². The van der Waals surface area contributed by atoms with Crippen LogP contribution >= 0.6 is 35.6 Å². The standard InChI is InChI=1S/C18H21Cl2N3O2.ClH/c19-11-1-4-15(20)16(9-11)23-8-6-14(18(23)25)17(24)22-7-5-12-2-3-13(10-22)21-12;/h1,4,9,12-14,21H,2-3,5-8,10H2;1H. The third-order valence-electron chi connectivity index (χ3n) is 5.54. The fourth-order valence-corrected chi connectivity index (χ4v) is 4.59. The van der Waals surface area contributed by atoms with E-state index in [1.54, 1.807) is 23.1 Å². The van der Waals surface area contributed by atoms with Gasteiger partial charge in [-0.3, -0.25) is 9.59 Å². The van der Waals surface area contributed by atoms with Crippen molar-refractivity contribution in [2.45, 2.75) is 37.8 Å². The summed E-state index contributed by atoms with van der Waals surface area (Å²) in [5.41, 5.74) is 0.589. The molecule has 8 heteroatoms. The number of nitrogens with one attached hydrogen (secondary N) is 1. The van der Waals surface area contributed by atoms with Crippen molar-refractivity contribution in [3.05, 3.63) is 28.2 Å². The number of benzene rings is 1. The molecule has 1 N–H and O–H groups in total. The summed E-state index contributed by atoms with van der Waals surface area (Å²) in [5, 5.41) is 4.57. The maximum Gasteiger partial charge on any atom is 0.239 e. The molecule has 2 amide bonds. The molecule has 1 aromatic rings. The van der Waals surface area contributed by atoms with Crippen LogP contribution in [0.2, 0.25) is 10.0 Å². The molecule has 3 heterocycles. The third-order valence-corrected chi connectivity index (χ3v) is 6.09. The van der Waals surface area contributed by atoms with Gasteiger partial charge in [-0.05, 0) is 43.9 Å². The molecular formula is C18H22Cl3N3O2. The predicted molar refractivity (Wildman–Crippen MR) is 105 cm³/mol. The third kappa shape index (κ3) is 3.68. The van der Waals surface area contributed by atoms with E-state index in [9.17, 15) is 9.59 Å². The minimum atomic E-state index is -0.605. The zero-order valence-corrected chi connectivity index (χ0v) is 16.6. The molecule has 0 aliphatic carbocycles. The highest BCUT2D eigenvalue weighted by molar-refractivity contribution is 6.36. The van der Waals surface area contributed by atoms with Gasteiger partial charge in [-0.15, -0.1) is 12.4 Å². The highest BCUT2D eigenvalue weighted by Gasteiger charge is 2.42. The van der Waals surface area contributed by atoms with Crippen molar-refractivity contribution in [2.75, 3.05) is 24.5 Å². The van der Waals surface area contributed by atoms with E-state index >= 15 is 0 Å². The number of fused-ring (bicyclic) bond motifs is 2. The van der Waals surface area contributed by atoms with Crippen molar-refractivity contribution >= 4 is 53.1 Å². The summed E-state index contributed by atoms with van der Waals surface area (Å²) in [4.78, 5) is 29.3. The molecule has 26 heavy (non-hydrogen) atoms. The minimum absolute atomic E-state index is 0. The fourth-order valence-electron chi connectivity index (χ4n) is 4.20. The Morgan fingerprint density at radius 2 is 1.85 bits per heavy atom. The lowest BCUT2D eigenvalue weighted by molar-refractivity contribution is -0.140. The monoisotopic (exact) mass is 417 g/mol. The Balaban J connectivity index is 0.00000196. The number of hydrogen-bond donors (Lipinski definition) is 1. The Morgan fingerprint density at radius 1 is 1.08 bits per heavy atom. The van der Waals surface area contributed by atoms with E-state index in [4.69, 9.17) is 23.2 Å². The number of nitrogens with zero attached hydrogens (tertiary/aromatic N) is 2. The number of hydrogen-bond acceptors (Lipinski definition) is 3. The van der Waals surface area contributed by atoms with E-state index in [2.05, 4.69) is 5.32 Å². The van der Waals surface area contributed by atoms with E-state index in [-0.39, 0.29) is 24.2 Å². The fraction of sp³-hybridized carbons (Fsp3) is 0.556. The normalized spacial score (nSPS) is 28.1. The second-order valence-electron chi connectivity index (χ2n) is 7.14. The second-order valence-corrected chi connectivity index (χ2v) is 7.98. The van der Waals surface area contributed by atoms with E-state index in [1.807, 2.05) is 4.90 Å². The van der Waals surface area contributed by atoms with Gasteiger partial charge in [0, 0.05) is 36.7 Å². The molecule has 142 valence electrons. The number of carbonyl (C=O) groups is 2. The highest BCUT2D eigenvalue weighted by Crippen LogP contribution is 2.34. The SMILES string of the molecule is Cl.O=C(C1CCN(c2cc(Cl)ccc2Cl)C1=O)N1CCC2CCC(C1)N2. The molecule has 4 rings (SSSR count). The molecule has 3 saturated heterocycles. The molecule has 0 aromatic heterocycles. The van der Waals surface area contributed by atoms with Gasteiger partial charge in [0.15, 0.2) is 0 Å². The van der Waals surface area contributed by atoms with Gasteiger partial charge in [0.1, 0.15) is 5.92 Å². The van der Waals surface area contributed by atoms with Crippen LogP contribution < -0.4 is 10.2 Å².